The number of hydrogen-bond acceptors (Lipinski definition) is 4. The van der Waals surface area contributed by atoms with Gasteiger partial charge in [0, 0.05) is 6.54 Å². The van der Waals surface area contributed by atoms with Gasteiger partial charge in [-0.05, 0) is 52.6 Å². The topological polar surface area (TPSA) is 55.4 Å². The number of thiocarbonyl (C=S) groups is 1. The molecule has 1 aromatic rings. The molecule has 1 fully saturated rings. The molecule has 4 nitrogen and oxygen atoms in total. The number of nitrogens with one attached hydrogen (secondary N) is 1. The van der Waals surface area contributed by atoms with Gasteiger partial charge in [0.05, 0.1) is 16.0 Å². The summed E-state index contributed by atoms with van der Waals surface area (Å²) < 4.78 is 28.9. The fourth-order valence-corrected chi connectivity index (χ4v) is 4.32. The predicted molar refractivity (Wildman–Crippen MR) is 82.1 cm³/mol. The maximum absolute atomic E-state index is 11.3. The lowest BCUT2D eigenvalue weighted by Gasteiger charge is -2.13. The second-order valence-electron chi connectivity index (χ2n) is 4.47. The van der Waals surface area contributed by atoms with E-state index in [9.17, 15) is 8.42 Å². The molecule has 0 aliphatic carbocycles. The highest BCUT2D eigenvalue weighted by Gasteiger charge is 2.27. The molecule has 1 atom stereocenters. The molecule has 0 aromatic heterocycles. The van der Waals surface area contributed by atoms with E-state index in [1.54, 1.807) is 6.07 Å². The molecule has 104 valence electrons. The van der Waals surface area contributed by atoms with Crippen LogP contribution in [0.15, 0.2) is 28.7 Å². The van der Waals surface area contributed by atoms with Crippen molar-refractivity contribution in [3.8, 4) is 5.75 Å². The first-order valence-corrected chi connectivity index (χ1v) is 8.89. The van der Waals surface area contributed by atoms with Crippen LogP contribution < -0.4 is 10.1 Å². The molecular formula is C12H14BrNO3S2. The largest absolute Gasteiger partial charge is 0.431 e. The average molecular weight is 364 g/mol. The summed E-state index contributed by atoms with van der Waals surface area (Å²) in [5.74, 6) is 1.26. The summed E-state index contributed by atoms with van der Waals surface area (Å²) in [6.07, 6.45) is 0.687. The van der Waals surface area contributed by atoms with Gasteiger partial charge in [0.25, 0.3) is 5.17 Å². The van der Waals surface area contributed by atoms with Crippen LogP contribution in [0.3, 0.4) is 0 Å². The van der Waals surface area contributed by atoms with Crippen molar-refractivity contribution in [2.24, 2.45) is 5.92 Å². The van der Waals surface area contributed by atoms with Crippen molar-refractivity contribution < 1.29 is 13.2 Å². The number of halogens is 1. The van der Waals surface area contributed by atoms with Crippen LogP contribution in [0.25, 0.3) is 0 Å². The molecule has 0 bridgehead atoms. The third-order valence-electron chi connectivity index (χ3n) is 2.90. The maximum Gasteiger partial charge on any atom is 0.262 e. The van der Waals surface area contributed by atoms with Crippen molar-refractivity contribution in [3.05, 3.63) is 28.7 Å². The molecule has 19 heavy (non-hydrogen) atoms. The van der Waals surface area contributed by atoms with Gasteiger partial charge in [-0.3, -0.25) is 0 Å². The van der Waals surface area contributed by atoms with E-state index in [1.165, 1.54) is 0 Å². The zero-order valence-electron chi connectivity index (χ0n) is 10.1. The number of rotatable bonds is 3. The highest BCUT2D eigenvalue weighted by Crippen LogP contribution is 2.24. The van der Waals surface area contributed by atoms with Gasteiger partial charge in [-0.15, -0.1) is 0 Å². The number of para-hydroxylation sites is 1. The second-order valence-corrected chi connectivity index (χ2v) is 7.92. The highest BCUT2D eigenvalue weighted by molar-refractivity contribution is 9.10. The van der Waals surface area contributed by atoms with Crippen LogP contribution in [0.1, 0.15) is 6.42 Å². The van der Waals surface area contributed by atoms with Gasteiger partial charge in [0.1, 0.15) is 5.75 Å². The lowest BCUT2D eigenvalue weighted by atomic mass is 10.1. The molecule has 0 radical (unpaired) electrons. The first kappa shape index (κ1) is 14.7. The van der Waals surface area contributed by atoms with Gasteiger partial charge in [0.15, 0.2) is 9.84 Å². The Hall–Kier alpha value is -0.660. The predicted octanol–water partition coefficient (Wildman–Crippen LogP) is 2.14. The third-order valence-corrected chi connectivity index (χ3v) is 5.62. The maximum atomic E-state index is 11.3. The van der Waals surface area contributed by atoms with Crippen LogP contribution in [-0.2, 0) is 9.84 Å². The van der Waals surface area contributed by atoms with Crippen molar-refractivity contribution in [3.63, 3.8) is 0 Å². The number of hydrogen-bond donors (Lipinski definition) is 1. The third kappa shape index (κ3) is 4.43. The quantitative estimate of drug-likeness (QED) is 0.833. The van der Waals surface area contributed by atoms with Crippen LogP contribution in [0.5, 0.6) is 5.75 Å². The average Bonchev–Trinajstić information content (AvgIpc) is 2.69. The van der Waals surface area contributed by atoms with Crippen molar-refractivity contribution in [2.45, 2.75) is 6.42 Å². The molecule has 1 aliphatic rings. The van der Waals surface area contributed by atoms with Crippen molar-refractivity contribution in [2.75, 3.05) is 18.1 Å². The van der Waals surface area contributed by atoms with E-state index in [4.69, 9.17) is 17.0 Å². The molecule has 0 spiro atoms. The minimum absolute atomic E-state index is 0.116. The minimum Gasteiger partial charge on any atom is -0.431 e. The first-order chi connectivity index (χ1) is 8.96. The van der Waals surface area contributed by atoms with E-state index < -0.39 is 9.84 Å². The molecule has 1 N–H and O–H groups in total. The summed E-state index contributed by atoms with van der Waals surface area (Å²) in [6.45, 7) is 0.530. The van der Waals surface area contributed by atoms with Gasteiger partial charge < -0.3 is 10.1 Å². The van der Waals surface area contributed by atoms with Crippen LogP contribution in [0.2, 0.25) is 0 Å². The normalized spacial score (nSPS) is 21.0. The Morgan fingerprint density at radius 2 is 2.21 bits per heavy atom. The summed E-state index contributed by atoms with van der Waals surface area (Å²) in [6, 6.07) is 7.41. The summed E-state index contributed by atoms with van der Waals surface area (Å²) in [5.41, 5.74) is 0. The van der Waals surface area contributed by atoms with Gasteiger partial charge in [-0.25, -0.2) is 8.42 Å². The smallest absolute Gasteiger partial charge is 0.262 e. The van der Waals surface area contributed by atoms with Crippen LogP contribution in [-0.4, -0.2) is 31.6 Å². The summed E-state index contributed by atoms with van der Waals surface area (Å²) in [4.78, 5) is 0. The fourth-order valence-electron chi connectivity index (χ4n) is 1.92. The molecule has 7 heteroatoms. The molecule has 0 saturated carbocycles. The van der Waals surface area contributed by atoms with Crippen LogP contribution >= 0.6 is 28.1 Å². The molecule has 0 amide bonds. The Kier molecular flexibility index (Phi) is 4.81. The molecule has 2 rings (SSSR count). The standard InChI is InChI=1S/C12H14BrNO3S2/c13-10-3-1-2-4-11(10)17-12(18)14-7-9-5-6-19(15,16)8-9/h1-4,9H,5-8H2,(H,14,18). The van der Waals surface area contributed by atoms with Crippen molar-refractivity contribution >= 4 is 43.2 Å². The molecule has 1 saturated heterocycles. The minimum atomic E-state index is -2.84. The molecule has 1 aromatic carbocycles. The lowest BCUT2D eigenvalue weighted by Crippen LogP contribution is -2.32. The van der Waals surface area contributed by atoms with Crippen molar-refractivity contribution in [1.82, 2.24) is 5.32 Å². The molecule has 1 heterocycles. The van der Waals surface area contributed by atoms with Gasteiger partial charge in [-0.1, -0.05) is 12.1 Å². The number of sulfone groups is 1. The zero-order valence-corrected chi connectivity index (χ0v) is 13.4. The monoisotopic (exact) mass is 363 g/mol. The fraction of sp³-hybridized carbons (Fsp3) is 0.417. The number of ether oxygens (including phenoxy) is 1. The van der Waals surface area contributed by atoms with Gasteiger partial charge in [-0.2, -0.15) is 0 Å². The summed E-state index contributed by atoms with van der Waals surface area (Å²) >= 11 is 8.45. The van der Waals surface area contributed by atoms with E-state index >= 15 is 0 Å². The molecule has 1 aliphatic heterocycles. The molecule has 1 unspecified atom stereocenters. The first-order valence-electron chi connectivity index (χ1n) is 5.87. The van der Waals surface area contributed by atoms with Crippen LogP contribution in [0.4, 0.5) is 0 Å². The number of benzene rings is 1. The second kappa shape index (κ2) is 6.19. The Balaban J connectivity index is 1.81. The highest BCUT2D eigenvalue weighted by atomic mass is 79.9. The Morgan fingerprint density at radius 1 is 1.47 bits per heavy atom. The van der Waals surface area contributed by atoms with Crippen LogP contribution in [0, 0.1) is 5.92 Å². The van der Waals surface area contributed by atoms with E-state index in [-0.39, 0.29) is 22.6 Å². The molecular weight excluding hydrogens is 350 g/mol. The van der Waals surface area contributed by atoms with E-state index in [0.29, 0.717) is 18.7 Å². The van der Waals surface area contributed by atoms with E-state index in [2.05, 4.69) is 21.2 Å². The summed E-state index contributed by atoms with van der Waals surface area (Å²) in [5, 5.41) is 3.22. The zero-order chi connectivity index (χ0) is 13.9. The van der Waals surface area contributed by atoms with E-state index in [0.717, 1.165) is 4.47 Å². The summed E-state index contributed by atoms with van der Waals surface area (Å²) in [7, 11) is -2.84. The lowest BCUT2D eigenvalue weighted by molar-refractivity contribution is 0.500. The Bertz CT molecular complexity index is 574. The Morgan fingerprint density at radius 3 is 2.84 bits per heavy atom. The van der Waals surface area contributed by atoms with Gasteiger partial charge in [0.2, 0.25) is 0 Å². The van der Waals surface area contributed by atoms with Crippen molar-refractivity contribution in [1.29, 1.82) is 0 Å². The van der Waals surface area contributed by atoms with E-state index in [1.807, 2.05) is 18.2 Å². The van der Waals surface area contributed by atoms with Gasteiger partial charge >= 0.3 is 0 Å². The SMILES string of the molecule is O=S1(=O)CCC(CNC(=S)Oc2ccccc2Br)C1. The Labute approximate surface area is 126 Å².